The van der Waals surface area contributed by atoms with Crippen molar-refractivity contribution >= 4 is 16.9 Å². The van der Waals surface area contributed by atoms with Crippen molar-refractivity contribution in [2.24, 2.45) is 0 Å². The molecule has 0 saturated heterocycles. The first-order valence-corrected chi connectivity index (χ1v) is 12.6. The van der Waals surface area contributed by atoms with Crippen LogP contribution in [0.1, 0.15) is 64.2 Å². The van der Waals surface area contributed by atoms with Gasteiger partial charge >= 0.3 is 11.6 Å². The number of hydrogen-bond donors (Lipinski definition) is 0. The molecule has 0 aliphatic heterocycles. The van der Waals surface area contributed by atoms with Crippen LogP contribution in [0.25, 0.3) is 22.1 Å². The molecule has 0 radical (unpaired) electrons. The number of pyridine rings is 1. The van der Waals surface area contributed by atoms with E-state index in [4.69, 9.17) is 9.15 Å². The van der Waals surface area contributed by atoms with Gasteiger partial charge in [-0.3, -0.25) is 4.79 Å². The van der Waals surface area contributed by atoms with E-state index in [-0.39, 0.29) is 11.5 Å². The largest absolute Gasteiger partial charge is 0.463 e. The Labute approximate surface area is 206 Å². The van der Waals surface area contributed by atoms with E-state index in [0.29, 0.717) is 24.3 Å². The summed E-state index contributed by atoms with van der Waals surface area (Å²) in [5.41, 5.74) is 1.05. The van der Waals surface area contributed by atoms with Gasteiger partial charge in [0, 0.05) is 30.3 Å². The van der Waals surface area contributed by atoms with E-state index < -0.39 is 5.63 Å². The summed E-state index contributed by atoms with van der Waals surface area (Å²) < 4.78 is 12.1. The Bertz CT molecular complexity index is 1210. The Morgan fingerprint density at radius 1 is 0.886 bits per heavy atom. The summed E-state index contributed by atoms with van der Waals surface area (Å²) in [6.45, 7) is 4.52. The number of benzene rings is 1. The lowest BCUT2D eigenvalue weighted by Gasteiger charge is -2.08. The average molecular weight is 478 g/mol. The van der Waals surface area contributed by atoms with Crippen LogP contribution in [-0.2, 0) is 16.1 Å². The average Bonchev–Trinajstić information content (AvgIpc) is 2.87. The summed E-state index contributed by atoms with van der Waals surface area (Å²) in [5, 5.41) is 0.752. The smallest absolute Gasteiger partial charge is 0.344 e. The number of aryl methyl sites for hydroxylation is 1. The maximum absolute atomic E-state index is 12.5. The van der Waals surface area contributed by atoms with Gasteiger partial charge in [-0.25, -0.2) is 9.59 Å². The van der Waals surface area contributed by atoms with E-state index in [1.54, 1.807) is 16.8 Å². The fraction of sp³-hybridized carbons (Fsp3) is 0.414. The van der Waals surface area contributed by atoms with E-state index in [9.17, 15) is 14.4 Å². The molecule has 0 aliphatic carbocycles. The van der Waals surface area contributed by atoms with Gasteiger partial charge in [-0.1, -0.05) is 88.3 Å². The first-order valence-electron chi connectivity index (χ1n) is 12.6. The van der Waals surface area contributed by atoms with Crippen molar-refractivity contribution < 1.29 is 13.9 Å². The number of aromatic nitrogens is 1. The molecule has 186 valence electrons. The second-order valence-corrected chi connectivity index (χ2v) is 8.85. The summed E-state index contributed by atoms with van der Waals surface area (Å²) in [4.78, 5) is 35.8. The van der Waals surface area contributed by atoms with Gasteiger partial charge in [0.1, 0.15) is 5.58 Å². The molecular weight excluding hydrogens is 442 g/mol. The van der Waals surface area contributed by atoms with Crippen molar-refractivity contribution in [3.63, 3.8) is 0 Å². The molecule has 0 N–H and O–H groups in total. The number of ether oxygens (including phenoxy) is 1. The summed E-state index contributed by atoms with van der Waals surface area (Å²) in [7, 11) is 0. The molecule has 3 aromatic rings. The van der Waals surface area contributed by atoms with Crippen LogP contribution in [0.3, 0.4) is 0 Å². The van der Waals surface area contributed by atoms with Crippen LogP contribution < -0.4 is 11.2 Å². The molecule has 2 aromatic heterocycles. The van der Waals surface area contributed by atoms with Crippen LogP contribution >= 0.6 is 0 Å². The van der Waals surface area contributed by atoms with Gasteiger partial charge in [0.2, 0.25) is 0 Å². The van der Waals surface area contributed by atoms with E-state index in [0.717, 1.165) is 43.1 Å². The van der Waals surface area contributed by atoms with E-state index in [1.807, 2.05) is 30.3 Å². The molecule has 3 rings (SSSR count). The topological polar surface area (TPSA) is 78.5 Å². The second-order valence-electron chi connectivity index (χ2n) is 8.85. The Balaban J connectivity index is 1.36. The zero-order valence-electron chi connectivity index (χ0n) is 20.4. The predicted octanol–water partition coefficient (Wildman–Crippen LogP) is 6.25. The van der Waals surface area contributed by atoms with Gasteiger partial charge < -0.3 is 13.7 Å². The molecule has 0 saturated carbocycles. The maximum atomic E-state index is 12.5. The highest BCUT2D eigenvalue weighted by atomic mass is 16.5. The van der Waals surface area contributed by atoms with Gasteiger partial charge in [0.25, 0.3) is 5.56 Å². The maximum Gasteiger partial charge on any atom is 0.344 e. The third-order valence-corrected chi connectivity index (χ3v) is 6.13. The Kier molecular flexibility index (Phi) is 10.6. The molecule has 0 amide bonds. The number of unbranched alkanes of at least 4 members (excludes halogenated alkanes) is 9. The van der Waals surface area contributed by atoms with Crippen LogP contribution in [0.4, 0.5) is 0 Å². The molecule has 0 spiro atoms. The standard InChI is InChI=1S/C29H35NO5/c1-2-28(32)34-19-15-10-8-6-4-3-5-7-9-14-18-30-22-24-20-25(23-16-12-11-13-17-23)29(33)35-26(24)21-27(30)31/h2,11-13,16-17,20-22H,1,3-10,14-15,18-19H2. The number of fused-ring (bicyclic) bond motifs is 1. The SMILES string of the molecule is C=CC(=O)OCCCCCCCCCCCCn1cc2cc(-c3ccccc3)c(=O)oc2cc1=O. The highest BCUT2D eigenvalue weighted by Crippen LogP contribution is 2.20. The lowest BCUT2D eigenvalue weighted by atomic mass is 10.1. The molecule has 0 aliphatic rings. The monoisotopic (exact) mass is 477 g/mol. The number of carbonyl (C=O) groups is 1. The van der Waals surface area contributed by atoms with Crippen LogP contribution in [0, 0.1) is 0 Å². The van der Waals surface area contributed by atoms with Crippen LogP contribution in [-0.4, -0.2) is 17.1 Å². The molecule has 1 aromatic carbocycles. The Morgan fingerprint density at radius 2 is 1.51 bits per heavy atom. The van der Waals surface area contributed by atoms with Crippen molar-refractivity contribution in [2.45, 2.75) is 70.8 Å². The summed E-state index contributed by atoms with van der Waals surface area (Å²) >= 11 is 0. The third-order valence-electron chi connectivity index (χ3n) is 6.13. The van der Waals surface area contributed by atoms with Gasteiger partial charge in [-0.15, -0.1) is 0 Å². The van der Waals surface area contributed by atoms with Crippen molar-refractivity contribution in [2.75, 3.05) is 6.61 Å². The number of nitrogens with zero attached hydrogens (tertiary/aromatic N) is 1. The van der Waals surface area contributed by atoms with Crippen molar-refractivity contribution in [3.05, 3.63) is 82.1 Å². The molecule has 2 heterocycles. The van der Waals surface area contributed by atoms with Crippen molar-refractivity contribution in [1.82, 2.24) is 4.57 Å². The Morgan fingerprint density at radius 3 is 2.17 bits per heavy atom. The number of carbonyl (C=O) groups excluding carboxylic acids is 1. The number of hydrogen-bond acceptors (Lipinski definition) is 5. The predicted molar refractivity (Wildman–Crippen MR) is 140 cm³/mol. The van der Waals surface area contributed by atoms with Crippen LogP contribution in [0.2, 0.25) is 0 Å². The van der Waals surface area contributed by atoms with Crippen LogP contribution in [0.5, 0.6) is 0 Å². The highest BCUT2D eigenvalue weighted by molar-refractivity contribution is 5.81. The van der Waals surface area contributed by atoms with E-state index >= 15 is 0 Å². The van der Waals surface area contributed by atoms with Gasteiger partial charge in [-0.05, 0) is 24.5 Å². The first kappa shape index (κ1) is 26.2. The minimum atomic E-state index is -0.435. The zero-order valence-corrected chi connectivity index (χ0v) is 20.4. The zero-order chi connectivity index (χ0) is 24.9. The highest BCUT2D eigenvalue weighted by Gasteiger charge is 2.09. The van der Waals surface area contributed by atoms with Gasteiger partial charge in [-0.2, -0.15) is 0 Å². The molecule has 0 fully saturated rings. The molecule has 0 unspecified atom stereocenters. The second kappa shape index (κ2) is 14.1. The number of esters is 1. The lowest BCUT2D eigenvalue weighted by Crippen LogP contribution is -2.19. The molecule has 0 atom stereocenters. The molecule has 6 nitrogen and oxygen atoms in total. The van der Waals surface area contributed by atoms with Gasteiger partial charge in [0.05, 0.1) is 12.2 Å². The molecule has 6 heteroatoms. The lowest BCUT2D eigenvalue weighted by molar-refractivity contribution is -0.137. The van der Waals surface area contributed by atoms with Crippen molar-refractivity contribution in [1.29, 1.82) is 0 Å². The summed E-state index contributed by atoms with van der Waals surface area (Å²) in [5.74, 6) is -0.346. The van der Waals surface area contributed by atoms with Crippen LogP contribution in [0.15, 0.2) is 75.3 Å². The first-order chi connectivity index (χ1) is 17.1. The fourth-order valence-corrected chi connectivity index (χ4v) is 4.16. The molecule has 35 heavy (non-hydrogen) atoms. The van der Waals surface area contributed by atoms with E-state index in [1.165, 1.54) is 44.2 Å². The third kappa shape index (κ3) is 8.39. The molecule has 0 bridgehead atoms. The Hall–Kier alpha value is -3.41. The van der Waals surface area contributed by atoms with E-state index in [2.05, 4.69) is 6.58 Å². The summed E-state index contributed by atoms with van der Waals surface area (Å²) in [6.07, 6.45) is 14.2. The quantitative estimate of drug-likeness (QED) is 0.147. The summed E-state index contributed by atoms with van der Waals surface area (Å²) in [6, 6.07) is 12.6. The van der Waals surface area contributed by atoms with Gasteiger partial charge in [0.15, 0.2) is 0 Å². The fourth-order valence-electron chi connectivity index (χ4n) is 4.16. The minimum absolute atomic E-state index is 0.146. The normalized spacial score (nSPS) is 11.0. The number of rotatable bonds is 15. The molecular formula is C29H35NO5. The minimum Gasteiger partial charge on any atom is -0.463 e. The van der Waals surface area contributed by atoms with Crippen molar-refractivity contribution in [3.8, 4) is 11.1 Å².